The van der Waals surface area contributed by atoms with Gasteiger partial charge < -0.3 is 5.11 Å². The van der Waals surface area contributed by atoms with Gasteiger partial charge in [0.05, 0.1) is 0 Å². The van der Waals surface area contributed by atoms with Crippen molar-refractivity contribution < 1.29 is 24.6 Å². The molecular formula is C19H16ORh. The molecule has 0 spiro atoms. The van der Waals surface area contributed by atoms with E-state index in [1.165, 1.54) is 0 Å². The van der Waals surface area contributed by atoms with Gasteiger partial charge in [-0.1, -0.05) is 91.0 Å². The zero-order valence-corrected chi connectivity index (χ0v) is 13.1. The van der Waals surface area contributed by atoms with Crippen molar-refractivity contribution >= 4 is 0 Å². The Morgan fingerprint density at radius 2 is 0.714 bits per heavy atom. The molecule has 107 valence electrons. The molecule has 0 aliphatic carbocycles. The van der Waals surface area contributed by atoms with E-state index in [0.717, 1.165) is 16.7 Å². The van der Waals surface area contributed by atoms with Gasteiger partial charge in [0, 0.05) is 19.5 Å². The van der Waals surface area contributed by atoms with Crippen LogP contribution < -0.4 is 0 Å². The Morgan fingerprint density at radius 3 is 0.952 bits per heavy atom. The van der Waals surface area contributed by atoms with Crippen LogP contribution in [0.5, 0.6) is 0 Å². The van der Waals surface area contributed by atoms with Crippen LogP contribution in [0.1, 0.15) is 16.7 Å². The molecule has 0 saturated carbocycles. The normalized spacial score (nSPS) is 10.7. The molecule has 0 fully saturated rings. The molecule has 3 aromatic rings. The van der Waals surface area contributed by atoms with Crippen LogP contribution >= 0.6 is 0 Å². The molecule has 0 aliphatic rings. The van der Waals surface area contributed by atoms with Gasteiger partial charge in [-0.05, 0) is 16.7 Å². The zero-order valence-electron chi connectivity index (χ0n) is 11.4. The van der Waals surface area contributed by atoms with E-state index >= 15 is 0 Å². The molecule has 1 nitrogen and oxygen atoms in total. The zero-order chi connectivity index (χ0) is 13.8. The summed E-state index contributed by atoms with van der Waals surface area (Å²) >= 11 is 0. The van der Waals surface area contributed by atoms with Crippen molar-refractivity contribution in [2.24, 2.45) is 0 Å². The van der Waals surface area contributed by atoms with Crippen molar-refractivity contribution in [1.82, 2.24) is 0 Å². The molecule has 1 radical (unpaired) electrons. The summed E-state index contributed by atoms with van der Waals surface area (Å²) in [5.41, 5.74) is 1.50. The molecule has 0 amide bonds. The van der Waals surface area contributed by atoms with Gasteiger partial charge in [-0.2, -0.15) is 0 Å². The molecule has 21 heavy (non-hydrogen) atoms. The Labute approximate surface area is 138 Å². The predicted octanol–water partition coefficient (Wildman–Crippen LogP) is 3.97. The molecule has 3 rings (SSSR count). The first-order valence-corrected chi connectivity index (χ1v) is 6.71. The second-order valence-corrected chi connectivity index (χ2v) is 4.81. The molecular weight excluding hydrogens is 347 g/mol. The molecule has 0 bridgehead atoms. The summed E-state index contributed by atoms with van der Waals surface area (Å²) in [7, 11) is 0. The minimum Gasteiger partial charge on any atom is -0.376 e. The van der Waals surface area contributed by atoms with Gasteiger partial charge in [-0.3, -0.25) is 0 Å². The molecule has 0 aliphatic heterocycles. The van der Waals surface area contributed by atoms with E-state index in [2.05, 4.69) is 0 Å². The molecule has 3 aromatic carbocycles. The van der Waals surface area contributed by atoms with Crippen molar-refractivity contribution in [3.63, 3.8) is 0 Å². The van der Waals surface area contributed by atoms with E-state index in [9.17, 15) is 5.11 Å². The van der Waals surface area contributed by atoms with E-state index in [1.54, 1.807) is 0 Å². The fraction of sp³-hybridized carbons (Fsp3) is 0.0526. The summed E-state index contributed by atoms with van der Waals surface area (Å²) in [6.45, 7) is 0. The van der Waals surface area contributed by atoms with Crippen molar-refractivity contribution in [3.8, 4) is 0 Å². The van der Waals surface area contributed by atoms with Crippen LogP contribution in [0, 0.1) is 0 Å². The molecule has 2 heteroatoms. The predicted molar refractivity (Wildman–Crippen MR) is 81.4 cm³/mol. The first-order valence-electron chi connectivity index (χ1n) is 6.71. The maximum Gasteiger partial charge on any atom is 0.140 e. The molecule has 0 saturated heterocycles. The average molecular weight is 363 g/mol. The Balaban J connectivity index is 0.00000161. The van der Waals surface area contributed by atoms with E-state index in [-0.39, 0.29) is 19.5 Å². The van der Waals surface area contributed by atoms with E-state index in [1.807, 2.05) is 91.0 Å². The van der Waals surface area contributed by atoms with Crippen molar-refractivity contribution in [2.45, 2.75) is 5.60 Å². The van der Waals surface area contributed by atoms with Crippen LogP contribution in [-0.4, -0.2) is 5.11 Å². The Kier molecular flexibility index (Phi) is 5.06. The third-order valence-corrected chi connectivity index (χ3v) is 3.57. The Morgan fingerprint density at radius 1 is 0.476 bits per heavy atom. The van der Waals surface area contributed by atoms with Crippen molar-refractivity contribution in [1.29, 1.82) is 0 Å². The standard InChI is InChI=1S/C19H16O.Rh/c20-19(16-10-4-1-5-11-16,17-12-6-2-7-13-17)18-14-8-3-9-15-18;/h1-15,20H;. The van der Waals surface area contributed by atoms with E-state index in [0.29, 0.717) is 0 Å². The van der Waals surface area contributed by atoms with Gasteiger partial charge in [-0.15, -0.1) is 0 Å². The summed E-state index contributed by atoms with van der Waals surface area (Å²) in [6, 6.07) is 29.3. The third kappa shape index (κ3) is 2.97. The molecule has 0 aromatic heterocycles. The SMILES string of the molecule is OC(c1ccccc1)(c1ccccc1)c1ccccc1.[Rh]. The van der Waals surface area contributed by atoms with E-state index in [4.69, 9.17) is 0 Å². The van der Waals surface area contributed by atoms with Crippen molar-refractivity contribution in [3.05, 3.63) is 108 Å². The summed E-state index contributed by atoms with van der Waals surface area (Å²) in [6.07, 6.45) is 0. The monoisotopic (exact) mass is 363 g/mol. The number of hydrogen-bond donors (Lipinski definition) is 1. The molecule has 0 unspecified atom stereocenters. The summed E-state index contributed by atoms with van der Waals surface area (Å²) < 4.78 is 0. The minimum atomic E-state index is -1.12. The largest absolute Gasteiger partial charge is 0.376 e. The van der Waals surface area contributed by atoms with Crippen molar-refractivity contribution in [2.75, 3.05) is 0 Å². The summed E-state index contributed by atoms with van der Waals surface area (Å²) in [5, 5.41) is 11.4. The molecule has 1 N–H and O–H groups in total. The van der Waals surface area contributed by atoms with Gasteiger partial charge in [-0.25, -0.2) is 0 Å². The third-order valence-electron chi connectivity index (χ3n) is 3.57. The number of rotatable bonds is 3. The van der Waals surface area contributed by atoms with Gasteiger partial charge in [0.1, 0.15) is 5.60 Å². The maximum absolute atomic E-state index is 11.4. The number of aliphatic hydroxyl groups is 1. The number of hydrogen-bond acceptors (Lipinski definition) is 1. The van der Waals surface area contributed by atoms with Crippen LogP contribution in [0.3, 0.4) is 0 Å². The minimum absolute atomic E-state index is 0. The average Bonchev–Trinajstić information content (AvgIpc) is 2.56. The molecule has 0 heterocycles. The Bertz CT molecular complexity index is 569. The maximum atomic E-state index is 11.4. The second-order valence-electron chi connectivity index (χ2n) is 4.81. The quantitative estimate of drug-likeness (QED) is 0.552. The van der Waals surface area contributed by atoms with Crippen LogP contribution in [-0.2, 0) is 25.1 Å². The first-order chi connectivity index (χ1) is 9.82. The van der Waals surface area contributed by atoms with E-state index < -0.39 is 5.60 Å². The van der Waals surface area contributed by atoms with Gasteiger partial charge in [0.25, 0.3) is 0 Å². The van der Waals surface area contributed by atoms with Gasteiger partial charge in [0.15, 0.2) is 0 Å². The smallest absolute Gasteiger partial charge is 0.140 e. The van der Waals surface area contributed by atoms with Crippen LogP contribution in [0.2, 0.25) is 0 Å². The van der Waals surface area contributed by atoms with Crippen LogP contribution in [0.25, 0.3) is 0 Å². The Hall–Kier alpha value is -1.76. The number of benzene rings is 3. The fourth-order valence-corrected chi connectivity index (χ4v) is 2.54. The van der Waals surface area contributed by atoms with Gasteiger partial charge >= 0.3 is 0 Å². The second kappa shape index (κ2) is 6.80. The van der Waals surface area contributed by atoms with Crippen LogP contribution in [0.4, 0.5) is 0 Å². The fourth-order valence-electron chi connectivity index (χ4n) is 2.54. The topological polar surface area (TPSA) is 20.2 Å². The summed E-state index contributed by atoms with van der Waals surface area (Å²) in [4.78, 5) is 0. The summed E-state index contributed by atoms with van der Waals surface area (Å²) in [5.74, 6) is 0. The van der Waals surface area contributed by atoms with Gasteiger partial charge in [0.2, 0.25) is 0 Å². The van der Waals surface area contributed by atoms with Crippen LogP contribution in [0.15, 0.2) is 91.0 Å². The molecule has 0 atom stereocenters. The first kappa shape index (κ1) is 15.6.